The summed E-state index contributed by atoms with van der Waals surface area (Å²) in [6.07, 6.45) is 3.06. The van der Waals surface area contributed by atoms with Crippen LogP contribution in [0.1, 0.15) is 56.5 Å². The Hall–Kier alpha value is -1.13. The topological polar surface area (TPSA) is 37.3 Å². The molecular formula is C17H29N3O. The number of fused-ring (bicyclic) bond motifs is 1. The number of pyridine rings is 1. The third-order valence-electron chi connectivity index (χ3n) is 4.45. The van der Waals surface area contributed by atoms with Gasteiger partial charge in [-0.1, -0.05) is 13.8 Å². The van der Waals surface area contributed by atoms with Gasteiger partial charge < -0.3 is 14.8 Å². The minimum absolute atomic E-state index is 0.205. The molecule has 0 aromatic carbocycles. The van der Waals surface area contributed by atoms with Crippen molar-refractivity contribution in [2.75, 3.05) is 20.1 Å². The lowest BCUT2D eigenvalue weighted by atomic mass is 10.0. The first-order valence-electron chi connectivity index (χ1n) is 8.23. The van der Waals surface area contributed by atoms with E-state index < -0.39 is 0 Å². The summed E-state index contributed by atoms with van der Waals surface area (Å²) in [6, 6.07) is 2.41. The summed E-state index contributed by atoms with van der Waals surface area (Å²) in [6.45, 7) is 10.1. The summed E-state index contributed by atoms with van der Waals surface area (Å²) in [4.78, 5) is 15.2. The number of likely N-dealkylation sites (N-methyl/N-ethyl adjacent to an activating group) is 1. The van der Waals surface area contributed by atoms with Crippen molar-refractivity contribution >= 4 is 0 Å². The number of hydrogen-bond donors (Lipinski definition) is 1. The zero-order chi connectivity index (χ0) is 15.4. The van der Waals surface area contributed by atoms with E-state index in [9.17, 15) is 4.79 Å². The standard InChI is InChI=1S/C17H29N3O/c1-5-8-18-11-14-10-15-12-19(4)9-7-16(15)20(17(14)21)13(3)6-2/h10,13,18H,5-9,11-12H2,1-4H3. The fourth-order valence-corrected chi connectivity index (χ4v) is 3.05. The Kier molecular flexibility index (Phi) is 5.59. The van der Waals surface area contributed by atoms with E-state index in [2.05, 4.69) is 48.7 Å². The second-order valence-corrected chi connectivity index (χ2v) is 6.24. The highest BCUT2D eigenvalue weighted by Gasteiger charge is 2.21. The largest absolute Gasteiger partial charge is 0.312 e. The van der Waals surface area contributed by atoms with Gasteiger partial charge in [0.15, 0.2) is 0 Å². The number of aromatic nitrogens is 1. The van der Waals surface area contributed by atoms with E-state index in [0.29, 0.717) is 6.54 Å². The monoisotopic (exact) mass is 291 g/mol. The fraction of sp³-hybridized carbons (Fsp3) is 0.706. The van der Waals surface area contributed by atoms with Gasteiger partial charge in [-0.05, 0) is 45.0 Å². The van der Waals surface area contributed by atoms with E-state index in [1.807, 2.05) is 0 Å². The molecule has 0 aliphatic carbocycles. The van der Waals surface area contributed by atoms with E-state index >= 15 is 0 Å². The van der Waals surface area contributed by atoms with Crippen LogP contribution in [0, 0.1) is 0 Å². The Balaban J connectivity index is 2.43. The summed E-state index contributed by atoms with van der Waals surface area (Å²) in [5, 5.41) is 3.37. The Morgan fingerprint density at radius 3 is 2.81 bits per heavy atom. The molecule has 2 heterocycles. The van der Waals surface area contributed by atoms with Gasteiger partial charge in [-0.15, -0.1) is 0 Å². The van der Waals surface area contributed by atoms with Crippen molar-refractivity contribution in [3.63, 3.8) is 0 Å². The van der Waals surface area contributed by atoms with Gasteiger partial charge in [0.1, 0.15) is 0 Å². The molecule has 0 bridgehead atoms. The molecule has 4 heteroatoms. The molecule has 1 atom stereocenters. The van der Waals surface area contributed by atoms with Gasteiger partial charge in [-0.2, -0.15) is 0 Å². The van der Waals surface area contributed by atoms with E-state index in [4.69, 9.17) is 0 Å². The first kappa shape index (κ1) is 16.2. The maximum Gasteiger partial charge on any atom is 0.255 e. The zero-order valence-electron chi connectivity index (χ0n) is 13.9. The fourth-order valence-electron chi connectivity index (χ4n) is 3.05. The number of nitrogens with one attached hydrogen (secondary N) is 1. The van der Waals surface area contributed by atoms with Crippen LogP contribution >= 0.6 is 0 Å². The lowest BCUT2D eigenvalue weighted by Crippen LogP contribution is -2.37. The second kappa shape index (κ2) is 7.23. The van der Waals surface area contributed by atoms with E-state index in [1.54, 1.807) is 0 Å². The van der Waals surface area contributed by atoms with Crippen LogP contribution in [0.4, 0.5) is 0 Å². The zero-order valence-corrected chi connectivity index (χ0v) is 13.9. The minimum Gasteiger partial charge on any atom is -0.312 e. The molecule has 0 spiro atoms. The van der Waals surface area contributed by atoms with Gasteiger partial charge in [0.25, 0.3) is 5.56 Å². The predicted molar refractivity (Wildman–Crippen MR) is 87.7 cm³/mol. The average Bonchev–Trinajstić information content (AvgIpc) is 2.47. The molecule has 1 aliphatic rings. The molecule has 0 saturated carbocycles. The highest BCUT2D eigenvalue weighted by molar-refractivity contribution is 5.29. The molecule has 1 aromatic rings. The molecule has 4 nitrogen and oxygen atoms in total. The minimum atomic E-state index is 0.205. The molecule has 21 heavy (non-hydrogen) atoms. The summed E-state index contributed by atoms with van der Waals surface area (Å²) in [5.74, 6) is 0. The molecule has 118 valence electrons. The third kappa shape index (κ3) is 3.55. The summed E-state index contributed by atoms with van der Waals surface area (Å²) >= 11 is 0. The molecule has 1 unspecified atom stereocenters. The van der Waals surface area contributed by atoms with Crippen molar-refractivity contribution in [2.45, 2.75) is 59.2 Å². The highest BCUT2D eigenvalue weighted by Crippen LogP contribution is 2.21. The van der Waals surface area contributed by atoms with Gasteiger partial charge >= 0.3 is 0 Å². The van der Waals surface area contributed by atoms with E-state index in [1.165, 1.54) is 11.3 Å². The first-order chi connectivity index (χ1) is 10.1. The van der Waals surface area contributed by atoms with Crippen LogP contribution in [0.25, 0.3) is 0 Å². The van der Waals surface area contributed by atoms with Crippen molar-refractivity contribution in [1.82, 2.24) is 14.8 Å². The second-order valence-electron chi connectivity index (χ2n) is 6.24. The van der Waals surface area contributed by atoms with Gasteiger partial charge in [0.05, 0.1) is 0 Å². The van der Waals surface area contributed by atoms with Crippen LogP contribution in [0.2, 0.25) is 0 Å². The SMILES string of the molecule is CCCNCc1cc2c(n(C(C)CC)c1=O)CCN(C)C2. The van der Waals surface area contributed by atoms with E-state index in [0.717, 1.165) is 44.5 Å². The van der Waals surface area contributed by atoms with Gasteiger partial charge in [-0.3, -0.25) is 4.79 Å². The lowest BCUT2D eigenvalue weighted by molar-refractivity contribution is 0.299. The van der Waals surface area contributed by atoms with Crippen LogP contribution < -0.4 is 10.9 Å². The van der Waals surface area contributed by atoms with Crippen molar-refractivity contribution < 1.29 is 0 Å². The molecule has 1 N–H and O–H groups in total. The summed E-state index contributed by atoms with van der Waals surface area (Å²) in [7, 11) is 2.15. The Morgan fingerprint density at radius 1 is 1.38 bits per heavy atom. The van der Waals surface area contributed by atoms with Crippen LogP contribution in [-0.4, -0.2) is 29.6 Å². The van der Waals surface area contributed by atoms with Crippen LogP contribution in [-0.2, 0) is 19.5 Å². The first-order valence-corrected chi connectivity index (χ1v) is 8.23. The smallest absolute Gasteiger partial charge is 0.255 e. The molecule has 0 fully saturated rings. The summed E-state index contributed by atoms with van der Waals surface area (Å²) < 4.78 is 2.06. The number of nitrogens with zero attached hydrogens (tertiary/aromatic N) is 2. The maximum atomic E-state index is 12.8. The van der Waals surface area contributed by atoms with Gasteiger partial charge in [0.2, 0.25) is 0 Å². The molecule has 0 radical (unpaired) electrons. The Morgan fingerprint density at radius 2 is 2.14 bits per heavy atom. The molecule has 0 amide bonds. The molecular weight excluding hydrogens is 262 g/mol. The summed E-state index contributed by atoms with van der Waals surface area (Å²) in [5.41, 5.74) is 3.71. The Bertz CT molecular complexity index is 536. The Labute approximate surface area is 128 Å². The molecule has 0 saturated heterocycles. The highest BCUT2D eigenvalue weighted by atomic mass is 16.1. The predicted octanol–water partition coefficient (Wildman–Crippen LogP) is 2.31. The maximum absolute atomic E-state index is 12.8. The molecule has 1 aliphatic heterocycles. The molecule has 1 aromatic heterocycles. The van der Waals surface area contributed by atoms with Crippen LogP contribution in [0.5, 0.6) is 0 Å². The van der Waals surface area contributed by atoms with Gasteiger partial charge in [-0.25, -0.2) is 0 Å². The van der Waals surface area contributed by atoms with Gasteiger partial charge in [0, 0.05) is 43.4 Å². The number of hydrogen-bond acceptors (Lipinski definition) is 3. The quantitative estimate of drug-likeness (QED) is 0.817. The van der Waals surface area contributed by atoms with Crippen molar-refractivity contribution in [2.24, 2.45) is 0 Å². The van der Waals surface area contributed by atoms with Crippen molar-refractivity contribution in [3.8, 4) is 0 Å². The number of rotatable bonds is 6. The normalized spacial score (nSPS) is 16.8. The molecule has 2 rings (SSSR count). The third-order valence-corrected chi connectivity index (χ3v) is 4.45. The van der Waals surface area contributed by atoms with Crippen LogP contribution in [0.3, 0.4) is 0 Å². The van der Waals surface area contributed by atoms with E-state index in [-0.39, 0.29) is 11.6 Å². The lowest BCUT2D eigenvalue weighted by Gasteiger charge is -2.30. The van der Waals surface area contributed by atoms with Crippen LogP contribution in [0.15, 0.2) is 10.9 Å². The average molecular weight is 291 g/mol. The van der Waals surface area contributed by atoms with Crippen molar-refractivity contribution in [1.29, 1.82) is 0 Å². The van der Waals surface area contributed by atoms with Crippen molar-refractivity contribution in [3.05, 3.63) is 33.2 Å².